The van der Waals surface area contributed by atoms with Crippen molar-refractivity contribution >= 4 is 17.0 Å². The van der Waals surface area contributed by atoms with Crippen LogP contribution in [-0.2, 0) is 11.8 Å². The molecule has 0 spiro atoms. The Labute approximate surface area is 130 Å². The van der Waals surface area contributed by atoms with Crippen LogP contribution in [0.15, 0.2) is 23.6 Å². The van der Waals surface area contributed by atoms with Gasteiger partial charge in [-0.25, -0.2) is 4.98 Å². The third kappa shape index (κ3) is 2.70. The Morgan fingerprint density at radius 2 is 2.10 bits per heavy atom. The summed E-state index contributed by atoms with van der Waals surface area (Å²) in [5, 5.41) is 3.14. The van der Waals surface area contributed by atoms with Crippen LogP contribution in [0.2, 0.25) is 0 Å². The highest BCUT2D eigenvalue weighted by molar-refractivity contribution is 7.09. The molecule has 0 aliphatic carbocycles. The van der Waals surface area contributed by atoms with Crippen molar-refractivity contribution in [1.29, 1.82) is 0 Å². The molecule has 1 unspecified atom stereocenters. The van der Waals surface area contributed by atoms with Crippen LogP contribution in [-0.4, -0.2) is 18.6 Å². The van der Waals surface area contributed by atoms with Crippen molar-refractivity contribution in [3.8, 4) is 0 Å². The Kier molecular flexibility index (Phi) is 3.54. The molecule has 1 aromatic heterocycles. The molecule has 21 heavy (non-hydrogen) atoms. The van der Waals surface area contributed by atoms with Gasteiger partial charge in [-0.3, -0.25) is 0 Å². The van der Waals surface area contributed by atoms with E-state index >= 15 is 0 Å². The van der Waals surface area contributed by atoms with Gasteiger partial charge in [0.2, 0.25) is 0 Å². The second-order valence-electron chi connectivity index (χ2n) is 6.86. The number of benzene rings is 1. The van der Waals surface area contributed by atoms with Crippen LogP contribution in [0, 0.1) is 0 Å². The third-order valence-corrected chi connectivity index (χ3v) is 5.07. The van der Waals surface area contributed by atoms with Crippen molar-refractivity contribution in [3.05, 3.63) is 45.4 Å². The Hall–Kier alpha value is -1.39. The second-order valence-corrected chi connectivity index (χ2v) is 7.75. The van der Waals surface area contributed by atoms with Crippen molar-refractivity contribution in [1.82, 2.24) is 4.98 Å². The van der Waals surface area contributed by atoms with Crippen LogP contribution < -0.4 is 10.6 Å². The van der Waals surface area contributed by atoms with E-state index in [-0.39, 0.29) is 11.5 Å². The van der Waals surface area contributed by atoms with Crippen LogP contribution in [0.25, 0.3) is 0 Å². The van der Waals surface area contributed by atoms with Crippen LogP contribution in [0.1, 0.15) is 48.6 Å². The maximum atomic E-state index is 6.44. The van der Waals surface area contributed by atoms with Crippen LogP contribution >= 0.6 is 11.3 Å². The normalized spacial score (nSPS) is 16.1. The van der Waals surface area contributed by atoms with Crippen molar-refractivity contribution in [2.45, 2.75) is 38.6 Å². The Morgan fingerprint density at radius 3 is 2.76 bits per heavy atom. The van der Waals surface area contributed by atoms with Gasteiger partial charge in [-0.1, -0.05) is 32.9 Å². The third-order valence-electron chi connectivity index (χ3n) is 4.15. The van der Waals surface area contributed by atoms with Crippen LogP contribution in [0.3, 0.4) is 0 Å². The van der Waals surface area contributed by atoms with Gasteiger partial charge in [0.1, 0.15) is 5.01 Å². The Balaban J connectivity index is 1.89. The number of nitrogens with zero attached hydrogens (tertiary/aromatic N) is 2. The maximum Gasteiger partial charge on any atom is 0.114 e. The summed E-state index contributed by atoms with van der Waals surface area (Å²) >= 11 is 1.67. The van der Waals surface area contributed by atoms with Gasteiger partial charge in [0.05, 0.1) is 11.7 Å². The monoisotopic (exact) mass is 301 g/mol. The molecule has 0 amide bonds. The number of likely N-dealkylation sites (N-methyl/N-ethyl adjacent to an activating group) is 1. The number of thiazole rings is 1. The van der Waals surface area contributed by atoms with Crippen molar-refractivity contribution < 1.29 is 0 Å². The molecule has 3 nitrogen and oxygen atoms in total. The Bertz CT molecular complexity index is 654. The van der Waals surface area contributed by atoms with Crippen molar-refractivity contribution in [2.75, 3.05) is 18.5 Å². The minimum atomic E-state index is -0.123. The first-order valence-electron chi connectivity index (χ1n) is 7.42. The van der Waals surface area contributed by atoms with E-state index in [1.807, 2.05) is 0 Å². The SMILES string of the molecule is CN1CCc2cc(C(N)c3nc(C(C)(C)C)cs3)ccc21. The zero-order valence-electron chi connectivity index (χ0n) is 13.2. The molecule has 1 aliphatic rings. The summed E-state index contributed by atoms with van der Waals surface area (Å²) in [5.74, 6) is 0. The average molecular weight is 301 g/mol. The number of hydrogen-bond acceptors (Lipinski definition) is 4. The first kappa shape index (κ1) is 14.5. The molecule has 0 bridgehead atoms. The summed E-state index contributed by atoms with van der Waals surface area (Å²) in [6.45, 7) is 7.65. The standard InChI is InChI=1S/C17H23N3S/c1-17(2,3)14-10-21-16(19-14)15(18)12-5-6-13-11(9-12)7-8-20(13)4/h5-6,9-10,15H,7-8,18H2,1-4H3. The zero-order chi connectivity index (χ0) is 15.2. The molecule has 112 valence electrons. The topological polar surface area (TPSA) is 42.1 Å². The number of nitrogens with two attached hydrogens (primary N) is 1. The Morgan fingerprint density at radius 1 is 1.33 bits per heavy atom. The first-order valence-corrected chi connectivity index (χ1v) is 8.29. The number of hydrogen-bond donors (Lipinski definition) is 1. The first-order chi connectivity index (χ1) is 9.86. The van der Waals surface area contributed by atoms with E-state index in [1.165, 1.54) is 16.8 Å². The molecule has 0 saturated heterocycles. The molecule has 1 atom stereocenters. The molecular weight excluding hydrogens is 278 g/mol. The molecule has 2 aromatic rings. The fourth-order valence-electron chi connectivity index (χ4n) is 2.70. The second kappa shape index (κ2) is 5.11. The minimum absolute atomic E-state index is 0.0785. The molecule has 4 heteroatoms. The fourth-order valence-corrected chi connectivity index (χ4v) is 3.77. The van der Waals surface area contributed by atoms with Gasteiger partial charge in [-0.05, 0) is 23.6 Å². The summed E-state index contributed by atoms with van der Waals surface area (Å²) in [5.41, 5.74) is 11.5. The van der Waals surface area contributed by atoms with Crippen molar-refractivity contribution in [3.63, 3.8) is 0 Å². The van der Waals surface area contributed by atoms with E-state index in [9.17, 15) is 0 Å². The lowest BCUT2D eigenvalue weighted by molar-refractivity contribution is 0.569. The van der Waals surface area contributed by atoms with Gasteiger partial charge >= 0.3 is 0 Å². The fraction of sp³-hybridized carbons (Fsp3) is 0.471. The molecule has 0 saturated carbocycles. The highest BCUT2D eigenvalue weighted by atomic mass is 32.1. The number of fused-ring (bicyclic) bond motifs is 1. The van der Waals surface area contributed by atoms with Crippen LogP contribution in [0.4, 0.5) is 5.69 Å². The molecule has 1 aliphatic heterocycles. The van der Waals surface area contributed by atoms with Crippen LogP contribution in [0.5, 0.6) is 0 Å². The van der Waals surface area contributed by atoms with Gasteiger partial charge in [0, 0.05) is 30.1 Å². The molecule has 0 radical (unpaired) electrons. The van der Waals surface area contributed by atoms with Gasteiger partial charge in [-0.15, -0.1) is 11.3 Å². The molecule has 2 N–H and O–H groups in total. The summed E-state index contributed by atoms with van der Waals surface area (Å²) in [4.78, 5) is 7.05. The van der Waals surface area contributed by atoms with Gasteiger partial charge in [0.25, 0.3) is 0 Å². The van der Waals surface area contributed by atoms with E-state index in [2.05, 4.69) is 56.3 Å². The largest absolute Gasteiger partial charge is 0.374 e. The molecule has 1 aromatic carbocycles. The quantitative estimate of drug-likeness (QED) is 0.923. The lowest BCUT2D eigenvalue weighted by Crippen LogP contribution is -2.15. The van der Waals surface area contributed by atoms with Crippen molar-refractivity contribution in [2.24, 2.45) is 5.73 Å². The molecule has 3 rings (SSSR count). The summed E-state index contributed by atoms with van der Waals surface area (Å²) in [6, 6.07) is 6.46. The highest BCUT2D eigenvalue weighted by Crippen LogP contribution is 2.32. The summed E-state index contributed by atoms with van der Waals surface area (Å²) in [7, 11) is 2.14. The summed E-state index contributed by atoms with van der Waals surface area (Å²) in [6.07, 6.45) is 1.11. The smallest absolute Gasteiger partial charge is 0.114 e. The maximum absolute atomic E-state index is 6.44. The zero-order valence-corrected chi connectivity index (χ0v) is 14.0. The predicted octanol–water partition coefficient (Wildman–Crippen LogP) is 3.48. The average Bonchev–Trinajstić information content (AvgIpc) is 3.05. The van der Waals surface area contributed by atoms with E-state index in [4.69, 9.17) is 10.7 Å². The molecule has 0 fully saturated rings. The highest BCUT2D eigenvalue weighted by Gasteiger charge is 2.22. The minimum Gasteiger partial charge on any atom is -0.374 e. The van der Waals surface area contributed by atoms with Gasteiger partial charge in [0.15, 0.2) is 0 Å². The van der Waals surface area contributed by atoms with E-state index in [0.29, 0.717) is 0 Å². The lowest BCUT2D eigenvalue weighted by atomic mass is 9.93. The van der Waals surface area contributed by atoms with E-state index in [0.717, 1.165) is 23.7 Å². The van der Waals surface area contributed by atoms with Gasteiger partial charge in [-0.2, -0.15) is 0 Å². The number of rotatable bonds is 2. The number of anilines is 1. The van der Waals surface area contributed by atoms with E-state index in [1.54, 1.807) is 11.3 Å². The van der Waals surface area contributed by atoms with E-state index < -0.39 is 0 Å². The predicted molar refractivity (Wildman–Crippen MR) is 90.3 cm³/mol. The van der Waals surface area contributed by atoms with Gasteiger partial charge < -0.3 is 10.6 Å². The summed E-state index contributed by atoms with van der Waals surface area (Å²) < 4.78 is 0. The molecular formula is C17H23N3S. The molecule has 2 heterocycles. The number of aromatic nitrogens is 1. The lowest BCUT2D eigenvalue weighted by Gasteiger charge is -2.16.